The molecule has 6 N–H and O–H groups in total. The second kappa shape index (κ2) is 50.9. The number of hydrogen-bond acceptors (Lipinski definition) is 16. The molecule has 0 bridgehead atoms. The standard InChI is InChI=1S/C42H58N2O6Si.C37H50N2O4Si.C36H47NO5Si/c1-40(2,3)49-39(48)44-34(27-31-22-16-12-17-23-31)36(45)29-33(26-30-20-14-11-15-21-30)37(46)43-35(28-32-24-18-13-19-25-32)38(47)50-51(10,41(4,5)6)42(7,8)9;1-36(2,3)44(7,37(4,5)6)43-35(42)32(25-29-21-15-10-16-22-29)39-34(41)30(23-27-17-11-8-12-18-27)26-33(40)31(38)24-28-19-13-9-14-20-28;1-35(2,3)43(7,36(4,5)6)42-34(40)31(24-28-19-13-9-14-20-28)37-33(39)30(23-27-17-11-8-12-18-27)25-32(38)41-26-29-21-15-10-16-22-29/h11-25,33-35H,26-29H2,1-10H3,(H,43,46)(H,44,48);8-22,30-32H,23-26,38H2,1-7H3,(H,39,41);8-22,30-31H,23-26H2,1-7H3,(H,37,39)/t33-,34+,35+;30-,31+,32+;30-,31+/m111/s1. The Hall–Kier alpha value is -11.5. The lowest BCUT2D eigenvalue weighted by Crippen LogP contribution is -2.57. The predicted molar refractivity (Wildman–Crippen MR) is 560 cm³/mol. The zero-order chi connectivity index (χ0) is 102. The molecule has 0 heterocycles. The van der Waals surface area contributed by atoms with Crippen LogP contribution in [0.2, 0.25) is 49.9 Å². The predicted octanol–water partition coefficient (Wildman–Crippen LogP) is 22.6. The van der Waals surface area contributed by atoms with Crippen LogP contribution in [0.15, 0.2) is 273 Å². The van der Waals surface area contributed by atoms with Gasteiger partial charge in [0.1, 0.15) is 30.3 Å². The van der Waals surface area contributed by atoms with Crippen molar-refractivity contribution in [3.05, 3.63) is 323 Å². The molecule has 9 aromatic carbocycles. The van der Waals surface area contributed by atoms with Gasteiger partial charge in [-0.2, -0.15) is 0 Å². The summed E-state index contributed by atoms with van der Waals surface area (Å²) in [7, 11) is -8.12. The number of nitrogens with one attached hydrogen (secondary N) is 4. The van der Waals surface area contributed by atoms with Crippen molar-refractivity contribution in [1.82, 2.24) is 21.3 Å². The van der Waals surface area contributed by atoms with Gasteiger partial charge in [-0.05, 0) is 153 Å². The average molecular weight is 1930 g/mol. The van der Waals surface area contributed by atoms with Crippen LogP contribution in [-0.2, 0) is 124 Å². The minimum absolute atomic E-state index is 0.0295. The van der Waals surface area contributed by atoms with Crippen LogP contribution in [0.1, 0.15) is 215 Å². The Morgan fingerprint density at radius 2 is 0.478 bits per heavy atom. The number of benzene rings is 9. The van der Waals surface area contributed by atoms with E-state index in [0.717, 1.165) is 50.1 Å². The number of esters is 1. The van der Waals surface area contributed by atoms with Crippen molar-refractivity contribution in [2.75, 3.05) is 0 Å². The van der Waals surface area contributed by atoms with Crippen LogP contribution < -0.4 is 27.0 Å². The van der Waals surface area contributed by atoms with Gasteiger partial charge in [-0.3, -0.25) is 43.2 Å². The molecular formula is C115H155N5O15Si3. The molecule has 0 aliphatic carbocycles. The summed E-state index contributed by atoms with van der Waals surface area (Å²) in [5.74, 6) is -5.78. The molecule has 138 heavy (non-hydrogen) atoms. The monoisotopic (exact) mass is 1930 g/mol. The Bertz CT molecular complexity index is 5300. The molecule has 4 amide bonds. The van der Waals surface area contributed by atoms with Gasteiger partial charge in [0.2, 0.25) is 17.7 Å². The molecule has 0 aliphatic rings. The van der Waals surface area contributed by atoms with E-state index >= 15 is 0 Å². The lowest BCUT2D eigenvalue weighted by molar-refractivity contribution is -0.148. The number of nitrogens with two attached hydrogens (primary N) is 1. The lowest BCUT2D eigenvalue weighted by atomic mass is 9.89. The molecule has 0 aromatic heterocycles. The molecule has 23 heteroatoms. The number of carbonyl (C=O) groups excluding carboxylic acids is 10. The van der Waals surface area contributed by atoms with Gasteiger partial charge in [0, 0.05) is 43.9 Å². The van der Waals surface area contributed by atoms with E-state index in [2.05, 4.69) is 166 Å². The van der Waals surface area contributed by atoms with Crippen molar-refractivity contribution in [3.8, 4) is 0 Å². The highest BCUT2D eigenvalue weighted by molar-refractivity contribution is 6.80. The third-order valence-electron chi connectivity index (χ3n) is 26.9. The van der Waals surface area contributed by atoms with Gasteiger partial charge in [-0.15, -0.1) is 0 Å². The summed E-state index contributed by atoms with van der Waals surface area (Å²) in [6.07, 6.45) is 1.32. The number of ketones is 2. The van der Waals surface area contributed by atoms with Gasteiger partial charge in [-0.25, -0.2) is 4.79 Å². The molecule has 0 spiro atoms. The maximum atomic E-state index is 14.4. The highest BCUT2D eigenvalue weighted by Crippen LogP contribution is 2.54. The molecule has 9 aromatic rings. The molecule has 742 valence electrons. The molecular weight excluding hydrogens is 1780 g/mol. The number of carbonyl (C=O) groups is 10. The van der Waals surface area contributed by atoms with E-state index < -0.39 is 114 Å². The van der Waals surface area contributed by atoms with Crippen molar-refractivity contribution < 1.29 is 70.7 Å². The van der Waals surface area contributed by atoms with E-state index in [-0.39, 0.29) is 112 Å². The van der Waals surface area contributed by atoms with Crippen LogP contribution in [0.3, 0.4) is 0 Å². The summed E-state index contributed by atoms with van der Waals surface area (Å²) in [5.41, 5.74) is 13.7. The quantitative estimate of drug-likeness (QED) is 0.0177. The van der Waals surface area contributed by atoms with Crippen molar-refractivity contribution >= 4 is 84.2 Å². The Morgan fingerprint density at radius 1 is 0.268 bits per heavy atom. The smallest absolute Gasteiger partial charge is 0.408 e. The fraction of sp³-hybridized carbons (Fsp3) is 0.443. The van der Waals surface area contributed by atoms with E-state index in [0.29, 0.717) is 19.3 Å². The van der Waals surface area contributed by atoms with E-state index in [1.807, 2.05) is 273 Å². The average Bonchev–Trinajstić information content (AvgIpc) is 0.772. The topological polar surface area (TPSA) is 291 Å². The molecule has 0 fully saturated rings. The van der Waals surface area contributed by atoms with Crippen molar-refractivity contribution in [1.29, 1.82) is 0 Å². The van der Waals surface area contributed by atoms with Crippen molar-refractivity contribution in [2.24, 2.45) is 23.5 Å². The normalized spacial score (nSPS) is 13.9. The first-order valence-corrected chi connectivity index (χ1v) is 55.6. The lowest BCUT2D eigenvalue weighted by Gasteiger charge is -2.48. The number of rotatable bonds is 39. The summed E-state index contributed by atoms with van der Waals surface area (Å²) in [6, 6.07) is 81.3. The Balaban J connectivity index is 0.000000283. The van der Waals surface area contributed by atoms with E-state index in [1.54, 1.807) is 20.8 Å². The van der Waals surface area contributed by atoms with Gasteiger partial charge in [-0.1, -0.05) is 398 Å². The number of Topliss-reactive ketones (excluding diaryl/α,β-unsaturated/α-hetero) is 2. The Morgan fingerprint density at radius 3 is 0.717 bits per heavy atom. The van der Waals surface area contributed by atoms with Crippen LogP contribution in [0.4, 0.5) is 4.79 Å². The molecule has 0 saturated carbocycles. The molecule has 20 nitrogen and oxygen atoms in total. The number of hydrogen-bond donors (Lipinski definition) is 5. The number of ether oxygens (including phenoxy) is 2. The van der Waals surface area contributed by atoms with Crippen LogP contribution in [0.25, 0.3) is 0 Å². The molecule has 9 rings (SSSR count). The first kappa shape index (κ1) is 113. The summed E-state index contributed by atoms with van der Waals surface area (Å²) < 4.78 is 30.5. The van der Waals surface area contributed by atoms with Crippen LogP contribution >= 0.6 is 0 Å². The third kappa shape index (κ3) is 35.4. The van der Waals surface area contributed by atoms with Crippen LogP contribution in [0, 0.1) is 17.8 Å². The van der Waals surface area contributed by atoms with Gasteiger partial charge < -0.3 is 49.8 Å². The van der Waals surface area contributed by atoms with Gasteiger partial charge in [0.15, 0.2) is 11.6 Å². The summed E-state index contributed by atoms with van der Waals surface area (Å²) in [4.78, 5) is 138. The second-order valence-electron chi connectivity index (χ2n) is 44.2. The highest BCUT2D eigenvalue weighted by Gasteiger charge is 2.57. The molecule has 0 aliphatic heterocycles. The Kier molecular flexibility index (Phi) is 41.8. The van der Waals surface area contributed by atoms with E-state index in [1.165, 1.54) is 0 Å². The van der Waals surface area contributed by atoms with E-state index in [9.17, 15) is 47.9 Å². The highest BCUT2D eigenvalue weighted by atomic mass is 28.4. The summed E-state index contributed by atoms with van der Waals surface area (Å²) in [5, 5.41) is 10.3. The van der Waals surface area contributed by atoms with E-state index in [4.69, 9.17) is 28.5 Å². The Labute approximate surface area is 825 Å². The zero-order valence-corrected chi connectivity index (χ0v) is 89.3. The third-order valence-corrected chi connectivity index (χ3v) is 45.9. The molecule has 0 radical (unpaired) electrons. The zero-order valence-electron chi connectivity index (χ0n) is 86.3. The van der Waals surface area contributed by atoms with Gasteiger partial charge in [0.05, 0.1) is 24.4 Å². The minimum atomic E-state index is -2.75. The molecule has 0 saturated heterocycles. The maximum absolute atomic E-state index is 14.4. The van der Waals surface area contributed by atoms with Crippen molar-refractivity contribution in [3.63, 3.8) is 0 Å². The molecule has 0 unspecified atom stereocenters. The minimum Gasteiger partial charge on any atom is -0.517 e. The number of alkyl carbamates (subject to hydrolysis) is 1. The fourth-order valence-electron chi connectivity index (χ4n) is 16.9. The molecule has 8 atom stereocenters. The number of amides is 4. The van der Waals surface area contributed by atoms with Crippen molar-refractivity contribution in [2.45, 2.75) is 308 Å². The largest absolute Gasteiger partial charge is 0.517 e. The fourth-order valence-corrected chi connectivity index (χ4v) is 27.1. The SMILES string of the molecule is CC(C)(C)OC(=O)N[C@@H](Cc1ccccc1)C(=O)C[C@@H](Cc1ccccc1)C(=O)N[C@@H](Cc1ccccc1)C(=O)O[Si](C)(C(C)(C)C)C(C)(C)C.CC(C)(C)[Si](C)(OC(=O)[C@H](Cc1ccccc1)NC(=O)[C@@H](CC(=O)OCc1ccccc1)Cc1ccccc1)C(C)(C)C.CC(C)(C)[Si](C)(OC(=O)[C@H](Cc1ccccc1)NC(=O)[C@@H](CC(=O)[C@@H](N)Cc1ccccc1)Cc1ccccc1)C(C)(C)C. The second-order valence-corrected chi connectivity index (χ2v) is 60.0. The maximum Gasteiger partial charge on any atom is 0.408 e. The first-order chi connectivity index (χ1) is 64.5. The summed E-state index contributed by atoms with van der Waals surface area (Å²) in [6.45, 7) is 49.6. The van der Waals surface area contributed by atoms with Crippen LogP contribution in [0.5, 0.6) is 0 Å². The first-order valence-electron chi connectivity index (χ1n) is 48.4. The van der Waals surface area contributed by atoms with Gasteiger partial charge in [0.25, 0.3) is 25.0 Å². The summed E-state index contributed by atoms with van der Waals surface area (Å²) >= 11 is 0. The van der Waals surface area contributed by atoms with Crippen LogP contribution in [-0.4, -0.2) is 120 Å². The van der Waals surface area contributed by atoms with Gasteiger partial charge >= 0.3 is 30.0 Å².